The van der Waals surface area contributed by atoms with E-state index in [1.54, 1.807) is 12.1 Å². The van der Waals surface area contributed by atoms with Crippen molar-refractivity contribution in [2.45, 2.75) is 18.9 Å². The molecule has 1 aliphatic heterocycles. The molecular formula is C17H19N7O4. The number of nitro benzene ring substituents is 1. The van der Waals surface area contributed by atoms with E-state index in [1.165, 1.54) is 18.3 Å². The van der Waals surface area contributed by atoms with E-state index in [-0.39, 0.29) is 23.2 Å². The first-order chi connectivity index (χ1) is 13.5. The molecule has 146 valence electrons. The van der Waals surface area contributed by atoms with Gasteiger partial charge in [-0.2, -0.15) is 4.98 Å². The van der Waals surface area contributed by atoms with Gasteiger partial charge in [-0.05, 0) is 25.0 Å². The second kappa shape index (κ2) is 7.25. The van der Waals surface area contributed by atoms with Crippen LogP contribution in [0.3, 0.4) is 0 Å². The molecule has 1 aromatic carbocycles. The maximum atomic E-state index is 11.2. The number of nitro groups is 2. The van der Waals surface area contributed by atoms with Crippen LogP contribution in [0.25, 0.3) is 0 Å². The number of piperazine rings is 1. The van der Waals surface area contributed by atoms with Gasteiger partial charge >= 0.3 is 5.69 Å². The number of anilines is 3. The van der Waals surface area contributed by atoms with E-state index in [0.717, 1.165) is 18.5 Å². The molecule has 11 heteroatoms. The third-order valence-electron chi connectivity index (χ3n) is 4.86. The minimum atomic E-state index is -0.471. The summed E-state index contributed by atoms with van der Waals surface area (Å²) in [5, 5.41) is 25.1. The van der Waals surface area contributed by atoms with Crippen molar-refractivity contribution < 1.29 is 9.85 Å². The lowest BCUT2D eigenvalue weighted by Crippen LogP contribution is -2.47. The van der Waals surface area contributed by atoms with Gasteiger partial charge in [-0.25, -0.2) is 4.98 Å². The zero-order valence-corrected chi connectivity index (χ0v) is 15.0. The first-order valence-corrected chi connectivity index (χ1v) is 9.03. The quantitative estimate of drug-likeness (QED) is 0.587. The van der Waals surface area contributed by atoms with Crippen LogP contribution in [0.2, 0.25) is 0 Å². The van der Waals surface area contributed by atoms with Crippen LogP contribution >= 0.6 is 0 Å². The van der Waals surface area contributed by atoms with E-state index in [1.807, 2.05) is 4.90 Å². The molecule has 0 radical (unpaired) electrons. The van der Waals surface area contributed by atoms with Gasteiger partial charge in [0, 0.05) is 50.0 Å². The Morgan fingerprint density at radius 3 is 2.18 bits per heavy atom. The fraction of sp³-hybridized carbons (Fsp3) is 0.412. The number of non-ortho nitro benzene ring substituents is 1. The lowest BCUT2D eigenvalue weighted by Gasteiger charge is -2.36. The highest BCUT2D eigenvalue weighted by Gasteiger charge is 2.28. The molecule has 4 rings (SSSR count). The van der Waals surface area contributed by atoms with Crippen LogP contribution in [0, 0.1) is 20.2 Å². The zero-order valence-electron chi connectivity index (χ0n) is 15.0. The monoisotopic (exact) mass is 385 g/mol. The SMILES string of the molecule is O=[N+]([O-])c1ccc(N2CCN(c3ncc([N+](=O)[O-])c(NC4CC4)n3)CC2)cc1. The maximum absolute atomic E-state index is 11.2. The molecule has 0 bridgehead atoms. The second-order valence-electron chi connectivity index (χ2n) is 6.83. The molecule has 2 aromatic rings. The summed E-state index contributed by atoms with van der Waals surface area (Å²) in [7, 11) is 0. The summed E-state index contributed by atoms with van der Waals surface area (Å²) >= 11 is 0. The Kier molecular flexibility index (Phi) is 4.63. The lowest BCUT2D eigenvalue weighted by molar-refractivity contribution is -0.384. The molecule has 1 aromatic heterocycles. The van der Waals surface area contributed by atoms with Gasteiger partial charge in [0.1, 0.15) is 6.20 Å². The van der Waals surface area contributed by atoms with Crippen LogP contribution in [0.15, 0.2) is 30.5 Å². The minimum absolute atomic E-state index is 0.0670. The summed E-state index contributed by atoms with van der Waals surface area (Å²) in [5.74, 6) is 0.743. The third-order valence-corrected chi connectivity index (χ3v) is 4.86. The number of nitrogens with one attached hydrogen (secondary N) is 1. The van der Waals surface area contributed by atoms with Crippen LogP contribution < -0.4 is 15.1 Å². The van der Waals surface area contributed by atoms with Crippen LogP contribution in [0.4, 0.5) is 28.8 Å². The Morgan fingerprint density at radius 1 is 0.964 bits per heavy atom. The van der Waals surface area contributed by atoms with Crippen molar-refractivity contribution in [3.8, 4) is 0 Å². The zero-order chi connectivity index (χ0) is 19.7. The van der Waals surface area contributed by atoms with Gasteiger partial charge < -0.3 is 15.1 Å². The maximum Gasteiger partial charge on any atom is 0.329 e. The Balaban J connectivity index is 1.44. The predicted octanol–water partition coefficient (Wildman–Crippen LogP) is 2.19. The van der Waals surface area contributed by atoms with Crippen LogP contribution in [0.1, 0.15) is 12.8 Å². The molecule has 1 saturated carbocycles. The highest BCUT2D eigenvalue weighted by Crippen LogP contribution is 2.30. The summed E-state index contributed by atoms with van der Waals surface area (Å²) in [6, 6.07) is 6.73. The van der Waals surface area contributed by atoms with E-state index >= 15 is 0 Å². The van der Waals surface area contributed by atoms with Crippen molar-refractivity contribution in [1.82, 2.24) is 9.97 Å². The van der Waals surface area contributed by atoms with Crippen LogP contribution in [-0.4, -0.2) is 52.0 Å². The molecule has 0 amide bonds. The molecule has 28 heavy (non-hydrogen) atoms. The average Bonchev–Trinajstić information content (AvgIpc) is 3.52. The highest BCUT2D eigenvalue weighted by molar-refractivity contribution is 5.59. The summed E-state index contributed by atoms with van der Waals surface area (Å²) in [5.41, 5.74) is 0.878. The average molecular weight is 385 g/mol. The van der Waals surface area contributed by atoms with Gasteiger partial charge in [0.05, 0.1) is 9.85 Å². The van der Waals surface area contributed by atoms with Gasteiger partial charge in [0.15, 0.2) is 0 Å². The summed E-state index contributed by atoms with van der Waals surface area (Å²) < 4.78 is 0. The molecule has 2 fully saturated rings. The third kappa shape index (κ3) is 3.77. The molecular weight excluding hydrogens is 366 g/mol. The molecule has 2 heterocycles. The molecule has 1 N–H and O–H groups in total. The molecule has 11 nitrogen and oxygen atoms in total. The molecule has 0 unspecified atom stereocenters. The summed E-state index contributed by atoms with van der Waals surface area (Å²) in [6.45, 7) is 2.70. The topological polar surface area (TPSA) is 131 Å². The summed E-state index contributed by atoms with van der Waals surface area (Å²) in [6.07, 6.45) is 3.24. The number of hydrogen-bond acceptors (Lipinski definition) is 9. The van der Waals surface area contributed by atoms with Crippen molar-refractivity contribution in [3.63, 3.8) is 0 Å². The van der Waals surface area contributed by atoms with Crippen molar-refractivity contribution in [1.29, 1.82) is 0 Å². The van der Waals surface area contributed by atoms with Crippen LogP contribution in [-0.2, 0) is 0 Å². The lowest BCUT2D eigenvalue weighted by atomic mass is 10.2. The first kappa shape index (κ1) is 17.9. The Labute approximate surface area is 160 Å². The Hall–Kier alpha value is -3.50. The fourth-order valence-electron chi connectivity index (χ4n) is 3.13. The molecule has 1 saturated heterocycles. The predicted molar refractivity (Wildman–Crippen MR) is 103 cm³/mol. The van der Waals surface area contributed by atoms with E-state index in [4.69, 9.17) is 0 Å². The number of hydrogen-bond donors (Lipinski definition) is 1. The Bertz CT molecular complexity index is 893. The van der Waals surface area contributed by atoms with Gasteiger partial charge in [0.2, 0.25) is 11.8 Å². The first-order valence-electron chi connectivity index (χ1n) is 9.03. The van der Waals surface area contributed by atoms with Gasteiger partial charge in [0.25, 0.3) is 5.69 Å². The van der Waals surface area contributed by atoms with E-state index in [0.29, 0.717) is 32.1 Å². The number of nitrogens with zero attached hydrogens (tertiary/aromatic N) is 6. The van der Waals surface area contributed by atoms with E-state index in [2.05, 4.69) is 20.2 Å². The standard InChI is InChI=1S/C17H19N7O4/c25-23(26)14-5-3-13(4-6-14)21-7-9-22(10-8-21)17-18-11-15(24(27)28)16(20-17)19-12-1-2-12/h3-6,11-12H,1-2,7-10H2,(H,18,19,20). The smallest absolute Gasteiger partial charge is 0.329 e. The van der Waals surface area contributed by atoms with E-state index in [9.17, 15) is 20.2 Å². The molecule has 2 aliphatic rings. The van der Waals surface area contributed by atoms with Crippen molar-refractivity contribution in [2.24, 2.45) is 0 Å². The van der Waals surface area contributed by atoms with Gasteiger partial charge in [-0.3, -0.25) is 20.2 Å². The Morgan fingerprint density at radius 2 is 1.61 bits per heavy atom. The van der Waals surface area contributed by atoms with E-state index < -0.39 is 9.85 Å². The fourth-order valence-corrected chi connectivity index (χ4v) is 3.13. The van der Waals surface area contributed by atoms with Gasteiger partial charge in [-0.1, -0.05) is 0 Å². The molecule has 0 spiro atoms. The van der Waals surface area contributed by atoms with Crippen LogP contribution in [0.5, 0.6) is 0 Å². The summed E-state index contributed by atoms with van der Waals surface area (Å²) in [4.78, 5) is 33.8. The number of rotatable bonds is 6. The molecule has 0 atom stereocenters. The second-order valence-corrected chi connectivity index (χ2v) is 6.83. The largest absolute Gasteiger partial charge is 0.368 e. The number of benzene rings is 1. The van der Waals surface area contributed by atoms with Crippen molar-refractivity contribution in [2.75, 3.05) is 41.3 Å². The molecule has 1 aliphatic carbocycles. The minimum Gasteiger partial charge on any atom is -0.368 e. The normalized spacial score (nSPS) is 16.7. The van der Waals surface area contributed by atoms with Crippen molar-refractivity contribution in [3.05, 3.63) is 50.7 Å². The number of aromatic nitrogens is 2. The van der Waals surface area contributed by atoms with Gasteiger partial charge in [-0.15, -0.1) is 0 Å². The highest BCUT2D eigenvalue weighted by atomic mass is 16.6. The van der Waals surface area contributed by atoms with Crippen molar-refractivity contribution >= 4 is 28.8 Å².